The normalized spacial score (nSPS) is 10.6. The number of nitrogens with zero attached hydrogens (tertiary/aromatic N) is 3. The fourth-order valence-corrected chi connectivity index (χ4v) is 2.33. The highest BCUT2D eigenvalue weighted by molar-refractivity contribution is 9.10. The van der Waals surface area contributed by atoms with E-state index in [1.165, 1.54) is 10.7 Å². The zero-order valence-electron chi connectivity index (χ0n) is 10.7. The van der Waals surface area contributed by atoms with Gasteiger partial charge in [0.1, 0.15) is 11.5 Å². The Bertz CT molecular complexity index is 802. The summed E-state index contributed by atoms with van der Waals surface area (Å²) >= 11 is 3.20. The molecule has 0 saturated carbocycles. The number of halogens is 2. The molecule has 1 aromatic carbocycles. The van der Waals surface area contributed by atoms with Crippen LogP contribution in [0.3, 0.4) is 0 Å². The van der Waals surface area contributed by atoms with E-state index in [1.807, 2.05) is 0 Å². The number of hydrogen-bond donors (Lipinski definition) is 0. The lowest BCUT2D eigenvalue weighted by Crippen LogP contribution is -1.95. The van der Waals surface area contributed by atoms with Gasteiger partial charge in [-0.2, -0.15) is 5.10 Å². The number of carbonyl (C=O) groups is 1. The maximum Gasteiger partial charge on any atom is 0.153 e. The molecule has 104 valence electrons. The van der Waals surface area contributed by atoms with Gasteiger partial charge >= 0.3 is 0 Å². The second kappa shape index (κ2) is 5.57. The van der Waals surface area contributed by atoms with Crippen LogP contribution in [0.4, 0.5) is 4.39 Å². The summed E-state index contributed by atoms with van der Waals surface area (Å²) in [4.78, 5) is 15.2. The SMILES string of the molecule is O=Cc1cn(-c2ccncc2)nc1-c1ccc(Br)cc1F. The summed E-state index contributed by atoms with van der Waals surface area (Å²) in [6.45, 7) is 0. The Kier molecular flexibility index (Phi) is 3.62. The van der Waals surface area contributed by atoms with Crippen molar-refractivity contribution in [3.63, 3.8) is 0 Å². The lowest BCUT2D eigenvalue weighted by atomic mass is 10.1. The van der Waals surface area contributed by atoms with Gasteiger partial charge in [0.05, 0.1) is 11.3 Å². The summed E-state index contributed by atoms with van der Waals surface area (Å²) in [6.07, 6.45) is 5.48. The zero-order chi connectivity index (χ0) is 14.8. The standard InChI is InChI=1S/C15H9BrFN3O/c16-11-1-2-13(14(17)7-11)15-10(9-21)8-20(19-15)12-3-5-18-6-4-12/h1-9H. The lowest BCUT2D eigenvalue weighted by molar-refractivity contribution is 0.112. The first-order valence-corrected chi connectivity index (χ1v) is 6.89. The van der Waals surface area contributed by atoms with E-state index in [2.05, 4.69) is 26.0 Å². The molecule has 0 unspecified atom stereocenters. The van der Waals surface area contributed by atoms with Gasteiger partial charge in [0.15, 0.2) is 6.29 Å². The largest absolute Gasteiger partial charge is 0.298 e. The first-order valence-electron chi connectivity index (χ1n) is 6.09. The van der Waals surface area contributed by atoms with Crippen molar-refractivity contribution in [3.05, 3.63) is 64.8 Å². The molecule has 3 rings (SSSR count). The summed E-state index contributed by atoms with van der Waals surface area (Å²) in [6, 6.07) is 8.14. The Morgan fingerprint density at radius 3 is 2.62 bits per heavy atom. The van der Waals surface area contributed by atoms with Crippen molar-refractivity contribution in [1.82, 2.24) is 14.8 Å². The predicted octanol–water partition coefficient (Wildman–Crippen LogP) is 3.65. The maximum absolute atomic E-state index is 14.1. The number of carbonyl (C=O) groups excluding carboxylic acids is 1. The average Bonchev–Trinajstić information content (AvgIpc) is 2.92. The quantitative estimate of drug-likeness (QED) is 0.680. The summed E-state index contributed by atoms with van der Waals surface area (Å²) in [5.41, 5.74) is 1.67. The van der Waals surface area contributed by atoms with Gasteiger partial charge in [-0.1, -0.05) is 15.9 Å². The Morgan fingerprint density at radius 1 is 1.19 bits per heavy atom. The fourth-order valence-electron chi connectivity index (χ4n) is 1.99. The minimum atomic E-state index is -0.438. The highest BCUT2D eigenvalue weighted by Crippen LogP contribution is 2.27. The molecule has 21 heavy (non-hydrogen) atoms. The molecule has 0 N–H and O–H groups in total. The third-order valence-electron chi connectivity index (χ3n) is 2.98. The van der Waals surface area contributed by atoms with E-state index in [0.717, 1.165) is 5.69 Å². The minimum Gasteiger partial charge on any atom is -0.298 e. The van der Waals surface area contributed by atoms with Crippen LogP contribution in [0.5, 0.6) is 0 Å². The van der Waals surface area contributed by atoms with E-state index in [0.29, 0.717) is 22.0 Å². The molecule has 0 saturated heterocycles. The topological polar surface area (TPSA) is 47.8 Å². The summed E-state index contributed by atoms with van der Waals surface area (Å²) in [7, 11) is 0. The second-order valence-electron chi connectivity index (χ2n) is 4.33. The van der Waals surface area contributed by atoms with E-state index < -0.39 is 5.82 Å². The van der Waals surface area contributed by atoms with Crippen LogP contribution < -0.4 is 0 Å². The third kappa shape index (κ3) is 2.62. The van der Waals surface area contributed by atoms with Crippen molar-refractivity contribution >= 4 is 22.2 Å². The van der Waals surface area contributed by atoms with Gasteiger partial charge < -0.3 is 0 Å². The highest BCUT2D eigenvalue weighted by Gasteiger charge is 2.15. The van der Waals surface area contributed by atoms with Crippen LogP contribution in [-0.2, 0) is 0 Å². The number of aromatic nitrogens is 3. The van der Waals surface area contributed by atoms with Crippen LogP contribution >= 0.6 is 15.9 Å². The van der Waals surface area contributed by atoms with Gasteiger partial charge in [0.2, 0.25) is 0 Å². The van der Waals surface area contributed by atoms with Crippen molar-refractivity contribution in [2.45, 2.75) is 0 Å². The molecule has 6 heteroatoms. The van der Waals surface area contributed by atoms with Crippen LogP contribution in [-0.4, -0.2) is 21.1 Å². The Morgan fingerprint density at radius 2 is 1.95 bits per heavy atom. The Balaban J connectivity index is 2.15. The number of rotatable bonds is 3. The van der Waals surface area contributed by atoms with Gasteiger partial charge in [0.25, 0.3) is 0 Å². The van der Waals surface area contributed by atoms with Crippen LogP contribution in [0, 0.1) is 5.82 Å². The van der Waals surface area contributed by atoms with Gasteiger partial charge in [-0.05, 0) is 30.3 Å². The number of hydrogen-bond acceptors (Lipinski definition) is 3. The van der Waals surface area contributed by atoms with E-state index >= 15 is 0 Å². The molecule has 0 amide bonds. The van der Waals surface area contributed by atoms with Gasteiger partial charge in [0, 0.05) is 28.6 Å². The minimum absolute atomic E-state index is 0.285. The molecule has 4 nitrogen and oxygen atoms in total. The van der Waals surface area contributed by atoms with Crippen molar-refractivity contribution in [2.75, 3.05) is 0 Å². The van der Waals surface area contributed by atoms with Crippen LogP contribution in [0.15, 0.2) is 53.4 Å². The van der Waals surface area contributed by atoms with Crippen molar-refractivity contribution < 1.29 is 9.18 Å². The predicted molar refractivity (Wildman–Crippen MR) is 79.8 cm³/mol. The maximum atomic E-state index is 14.1. The molecule has 0 fully saturated rings. The fraction of sp³-hybridized carbons (Fsp3) is 0. The molecule has 0 spiro atoms. The molecule has 2 heterocycles. The first-order chi connectivity index (χ1) is 10.2. The monoisotopic (exact) mass is 345 g/mol. The molecule has 0 bridgehead atoms. The van der Waals surface area contributed by atoms with Gasteiger partial charge in [-0.15, -0.1) is 0 Å². The smallest absolute Gasteiger partial charge is 0.153 e. The van der Waals surface area contributed by atoms with Gasteiger partial charge in [-0.3, -0.25) is 9.78 Å². The van der Waals surface area contributed by atoms with Gasteiger partial charge in [-0.25, -0.2) is 9.07 Å². The van der Waals surface area contributed by atoms with E-state index in [1.54, 1.807) is 42.9 Å². The number of benzene rings is 1. The first kappa shape index (κ1) is 13.6. The van der Waals surface area contributed by atoms with Crippen molar-refractivity contribution in [2.24, 2.45) is 0 Å². The molecule has 0 aliphatic rings. The molecule has 0 aliphatic carbocycles. The van der Waals surface area contributed by atoms with E-state index in [4.69, 9.17) is 0 Å². The van der Waals surface area contributed by atoms with Crippen LogP contribution in [0.25, 0.3) is 16.9 Å². The molecular weight excluding hydrogens is 337 g/mol. The number of aldehydes is 1. The molecule has 0 atom stereocenters. The summed E-state index contributed by atoms with van der Waals surface area (Å²) in [5, 5.41) is 4.31. The summed E-state index contributed by atoms with van der Waals surface area (Å²) < 4.78 is 16.2. The highest BCUT2D eigenvalue weighted by atomic mass is 79.9. The number of pyridine rings is 1. The average molecular weight is 346 g/mol. The molecule has 2 aromatic heterocycles. The van der Waals surface area contributed by atoms with Crippen molar-refractivity contribution in [1.29, 1.82) is 0 Å². The molecule has 3 aromatic rings. The molecular formula is C15H9BrFN3O. The Hall–Kier alpha value is -2.34. The Labute approximate surface area is 128 Å². The lowest BCUT2D eigenvalue weighted by Gasteiger charge is -2.02. The van der Waals surface area contributed by atoms with Crippen molar-refractivity contribution in [3.8, 4) is 16.9 Å². The van der Waals surface area contributed by atoms with E-state index in [-0.39, 0.29) is 5.56 Å². The zero-order valence-corrected chi connectivity index (χ0v) is 12.3. The second-order valence-corrected chi connectivity index (χ2v) is 5.24. The van der Waals surface area contributed by atoms with E-state index in [9.17, 15) is 9.18 Å². The third-order valence-corrected chi connectivity index (χ3v) is 3.48. The van der Waals surface area contributed by atoms with Crippen LogP contribution in [0.2, 0.25) is 0 Å². The van der Waals surface area contributed by atoms with Crippen LogP contribution in [0.1, 0.15) is 10.4 Å². The summed E-state index contributed by atoms with van der Waals surface area (Å²) in [5.74, 6) is -0.438. The molecule has 0 aliphatic heterocycles. The molecule has 0 radical (unpaired) electrons.